The average molecular weight is 221 g/mol. The zero-order valence-corrected chi connectivity index (χ0v) is 10.1. The Morgan fingerprint density at radius 2 is 2.06 bits per heavy atom. The highest BCUT2D eigenvalue weighted by Gasteiger charge is 2.05. The van der Waals surface area contributed by atoms with E-state index in [2.05, 4.69) is 10.6 Å². The first-order chi connectivity index (χ1) is 7.65. The Labute approximate surface area is 96.6 Å². The van der Waals surface area contributed by atoms with Gasteiger partial charge in [-0.25, -0.2) is 0 Å². The number of hydrogen-bond acceptors (Lipinski definition) is 3. The molecule has 2 N–H and O–H groups in total. The third kappa shape index (κ3) is 3.55. The van der Waals surface area contributed by atoms with E-state index < -0.39 is 0 Å². The fraction of sp³-hybridized carbons (Fsp3) is 0.417. The summed E-state index contributed by atoms with van der Waals surface area (Å²) in [7, 11) is 5.77. The number of amides is 1. The number of hydrogen-bond donors (Lipinski definition) is 2. The molecule has 1 amide bonds. The lowest BCUT2D eigenvalue weighted by molar-refractivity contribution is 0.0954. The minimum Gasteiger partial charge on any atom is -0.378 e. The minimum atomic E-state index is -0.0287. The van der Waals surface area contributed by atoms with Gasteiger partial charge in [0.1, 0.15) is 0 Å². The van der Waals surface area contributed by atoms with E-state index in [-0.39, 0.29) is 5.91 Å². The van der Waals surface area contributed by atoms with Crippen LogP contribution in [0.3, 0.4) is 0 Å². The second-order valence-corrected chi connectivity index (χ2v) is 3.80. The van der Waals surface area contributed by atoms with Crippen molar-refractivity contribution in [3.05, 3.63) is 29.8 Å². The van der Waals surface area contributed by atoms with Gasteiger partial charge < -0.3 is 15.5 Å². The second kappa shape index (κ2) is 6.12. The van der Waals surface area contributed by atoms with Crippen molar-refractivity contribution in [2.45, 2.75) is 0 Å². The maximum absolute atomic E-state index is 11.7. The quantitative estimate of drug-likeness (QED) is 0.719. The standard InChI is InChI=1S/C12H19N3O/c1-13-7-8-14-12(16)10-5-4-6-11(9-10)15(2)3/h4-6,9,13H,7-8H2,1-3H3,(H,14,16). The molecule has 0 aliphatic carbocycles. The maximum Gasteiger partial charge on any atom is 0.251 e. The summed E-state index contributed by atoms with van der Waals surface area (Å²) in [6.45, 7) is 1.42. The van der Waals surface area contributed by atoms with Crippen molar-refractivity contribution in [3.8, 4) is 0 Å². The Balaban J connectivity index is 2.64. The minimum absolute atomic E-state index is 0.0287. The molecule has 4 nitrogen and oxygen atoms in total. The van der Waals surface area contributed by atoms with E-state index in [4.69, 9.17) is 0 Å². The molecule has 1 rings (SSSR count). The van der Waals surface area contributed by atoms with Crippen LogP contribution in [0.5, 0.6) is 0 Å². The van der Waals surface area contributed by atoms with Crippen molar-refractivity contribution in [2.24, 2.45) is 0 Å². The van der Waals surface area contributed by atoms with Gasteiger partial charge in [-0.2, -0.15) is 0 Å². The molecule has 0 fully saturated rings. The lowest BCUT2D eigenvalue weighted by atomic mass is 10.2. The highest BCUT2D eigenvalue weighted by atomic mass is 16.1. The monoisotopic (exact) mass is 221 g/mol. The zero-order chi connectivity index (χ0) is 12.0. The van der Waals surface area contributed by atoms with E-state index in [0.29, 0.717) is 12.1 Å². The van der Waals surface area contributed by atoms with Crippen LogP contribution in [0.2, 0.25) is 0 Å². The Morgan fingerprint density at radius 1 is 1.31 bits per heavy atom. The first kappa shape index (κ1) is 12.5. The molecule has 16 heavy (non-hydrogen) atoms. The van der Waals surface area contributed by atoms with Gasteiger partial charge in [-0.3, -0.25) is 4.79 Å². The van der Waals surface area contributed by atoms with Crippen LogP contribution in [0.25, 0.3) is 0 Å². The number of carbonyl (C=O) groups is 1. The topological polar surface area (TPSA) is 44.4 Å². The highest BCUT2D eigenvalue weighted by Crippen LogP contribution is 2.12. The van der Waals surface area contributed by atoms with Gasteiger partial charge in [-0.05, 0) is 25.2 Å². The molecule has 0 heterocycles. The van der Waals surface area contributed by atoms with Gasteiger partial charge in [-0.15, -0.1) is 0 Å². The fourth-order valence-corrected chi connectivity index (χ4v) is 1.33. The fourth-order valence-electron chi connectivity index (χ4n) is 1.33. The largest absolute Gasteiger partial charge is 0.378 e. The summed E-state index contributed by atoms with van der Waals surface area (Å²) < 4.78 is 0. The van der Waals surface area contributed by atoms with Crippen molar-refractivity contribution in [2.75, 3.05) is 39.1 Å². The van der Waals surface area contributed by atoms with Gasteiger partial charge in [0.15, 0.2) is 0 Å². The molecule has 0 aromatic heterocycles. The second-order valence-electron chi connectivity index (χ2n) is 3.80. The molecule has 0 radical (unpaired) electrons. The van der Waals surface area contributed by atoms with Crippen molar-refractivity contribution < 1.29 is 4.79 Å². The Bertz CT molecular complexity index is 350. The third-order valence-corrected chi connectivity index (χ3v) is 2.29. The number of likely N-dealkylation sites (N-methyl/N-ethyl adjacent to an activating group) is 1. The Kier molecular flexibility index (Phi) is 4.79. The molecule has 1 aromatic rings. The van der Waals surface area contributed by atoms with Crippen LogP contribution in [0.4, 0.5) is 5.69 Å². The lowest BCUT2D eigenvalue weighted by Gasteiger charge is -2.13. The van der Waals surface area contributed by atoms with Crippen LogP contribution in [-0.4, -0.2) is 40.1 Å². The van der Waals surface area contributed by atoms with Crippen LogP contribution in [0.1, 0.15) is 10.4 Å². The van der Waals surface area contributed by atoms with Crippen molar-refractivity contribution >= 4 is 11.6 Å². The van der Waals surface area contributed by atoms with Crippen molar-refractivity contribution in [1.82, 2.24) is 10.6 Å². The molecule has 4 heteroatoms. The van der Waals surface area contributed by atoms with E-state index in [1.807, 2.05) is 50.3 Å². The third-order valence-electron chi connectivity index (χ3n) is 2.29. The maximum atomic E-state index is 11.7. The molecule has 0 aliphatic heterocycles. The summed E-state index contributed by atoms with van der Waals surface area (Å²) in [6.07, 6.45) is 0. The molecule has 0 saturated carbocycles. The molecule has 88 valence electrons. The normalized spacial score (nSPS) is 9.94. The first-order valence-corrected chi connectivity index (χ1v) is 5.35. The van der Waals surface area contributed by atoms with Gasteiger partial charge in [0.25, 0.3) is 5.91 Å². The number of rotatable bonds is 5. The Hall–Kier alpha value is -1.55. The first-order valence-electron chi connectivity index (χ1n) is 5.35. The van der Waals surface area contributed by atoms with Gasteiger partial charge in [0.2, 0.25) is 0 Å². The number of nitrogens with one attached hydrogen (secondary N) is 2. The molecular formula is C12H19N3O. The van der Waals surface area contributed by atoms with E-state index in [1.54, 1.807) is 0 Å². The molecule has 0 spiro atoms. The van der Waals surface area contributed by atoms with Crippen molar-refractivity contribution in [1.29, 1.82) is 0 Å². The van der Waals surface area contributed by atoms with Crippen LogP contribution in [0.15, 0.2) is 24.3 Å². The van der Waals surface area contributed by atoms with Gasteiger partial charge in [0, 0.05) is 38.4 Å². The lowest BCUT2D eigenvalue weighted by Crippen LogP contribution is -2.30. The molecule has 0 bridgehead atoms. The summed E-state index contributed by atoms with van der Waals surface area (Å²) in [5.74, 6) is -0.0287. The molecule has 1 aromatic carbocycles. The van der Waals surface area contributed by atoms with Gasteiger partial charge in [-0.1, -0.05) is 6.07 Å². The van der Waals surface area contributed by atoms with Crippen LogP contribution < -0.4 is 15.5 Å². The number of carbonyl (C=O) groups excluding carboxylic acids is 1. The number of nitrogens with zero attached hydrogens (tertiary/aromatic N) is 1. The summed E-state index contributed by atoms with van der Waals surface area (Å²) in [4.78, 5) is 13.7. The summed E-state index contributed by atoms with van der Waals surface area (Å²) in [5.41, 5.74) is 1.73. The van der Waals surface area contributed by atoms with Crippen LogP contribution in [0, 0.1) is 0 Å². The SMILES string of the molecule is CNCCNC(=O)c1cccc(N(C)C)c1. The van der Waals surface area contributed by atoms with Crippen LogP contribution in [-0.2, 0) is 0 Å². The molecule has 0 unspecified atom stereocenters. The molecule has 0 saturated heterocycles. The smallest absolute Gasteiger partial charge is 0.251 e. The zero-order valence-electron chi connectivity index (χ0n) is 10.1. The predicted octanol–water partition coefficient (Wildman–Crippen LogP) is 0.702. The average Bonchev–Trinajstić information content (AvgIpc) is 2.29. The number of benzene rings is 1. The van der Waals surface area contributed by atoms with E-state index in [0.717, 1.165) is 12.2 Å². The summed E-state index contributed by atoms with van der Waals surface area (Å²) in [6, 6.07) is 7.57. The predicted molar refractivity (Wildman–Crippen MR) is 67.0 cm³/mol. The van der Waals surface area contributed by atoms with E-state index in [9.17, 15) is 4.79 Å². The van der Waals surface area contributed by atoms with Gasteiger partial charge >= 0.3 is 0 Å². The van der Waals surface area contributed by atoms with E-state index >= 15 is 0 Å². The van der Waals surface area contributed by atoms with Crippen molar-refractivity contribution in [3.63, 3.8) is 0 Å². The van der Waals surface area contributed by atoms with Gasteiger partial charge in [0.05, 0.1) is 0 Å². The van der Waals surface area contributed by atoms with Crippen LogP contribution >= 0.6 is 0 Å². The Morgan fingerprint density at radius 3 is 2.69 bits per heavy atom. The summed E-state index contributed by atoms with van der Waals surface area (Å²) in [5, 5.41) is 5.83. The summed E-state index contributed by atoms with van der Waals surface area (Å²) >= 11 is 0. The molecule has 0 atom stereocenters. The molecule has 0 aliphatic rings. The number of anilines is 1. The highest BCUT2D eigenvalue weighted by molar-refractivity contribution is 5.95. The van der Waals surface area contributed by atoms with E-state index in [1.165, 1.54) is 0 Å². The molecular weight excluding hydrogens is 202 g/mol.